The van der Waals surface area contributed by atoms with Gasteiger partial charge in [0.1, 0.15) is 0 Å². The first-order valence-electron chi connectivity index (χ1n) is 3.79. The molecule has 0 aromatic heterocycles. The van der Waals surface area contributed by atoms with Crippen LogP contribution in [0, 0.1) is 0 Å². The Hall–Kier alpha value is -1.59. The van der Waals surface area contributed by atoms with E-state index in [1.165, 1.54) is 0 Å². The van der Waals surface area contributed by atoms with Gasteiger partial charge in [0.25, 0.3) is 0 Å². The van der Waals surface area contributed by atoms with Gasteiger partial charge < -0.3 is 10.2 Å². The zero-order valence-electron chi connectivity index (χ0n) is 7.19. The number of rotatable bonds is 3. The fourth-order valence-electron chi connectivity index (χ4n) is 0.735. The second-order valence-electron chi connectivity index (χ2n) is 2.40. The van der Waals surface area contributed by atoms with Crippen LogP contribution < -0.4 is 0 Å². The predicted molar refractivity (Wildman–Crippen MR) is 42.4 cm³/mol. The highest BCUT2D eigenvalue weighted by Gasteiger charge is 2.26. The van der Waals surface area contributed by atoms with Gasteiger partial charge in [-0.3, -0.25) is 4.79 Å². The van der Waals surface area contributed by atoms with Gasteiger partial charge in [-0.2, -0.15) is 0 Å². The quantitative estimate of drug-likeness (QED) is 0.698. The zero-order chi connectivity index (χ0) is 10.4. The van der Waals surface area contributed by atoms with Crippen molar-refractivity contribution in [1.29, 1.82) is 0 Å². The highest BCUT2D eigenvalue weighted by atomic mass is 16.4. The SMILES string of the molecule is CCCCC(=O)N(C(=O)O)C(=O)O. The van der Waals surface area contributed by atoms with Gasteiger partial charge in [0.15, 0.2) is 0 Å². The van der Waals surface area contributed by atoms with Gasteiger partial charge in [-0.1, -0.05) is 13.3 Å². The van der Waals surface area contributed by atoms with Crippen LogP contribution in [0.25, 0.3) is 0 Å². The lowest BCUT2D eigenvalue weighted by Crippen LogP contribution is -2.39. The highest BCUT2D eigenvalue weighted by Crippen LogP contribution is 2.01. The molecule has 0 heterocycles. The molecule has 74 valence electrons. The summed E-state index contributed by atoms with van der Waals surface area (Å²) in [5, 5.41) is 16.7. The van der Waals surface area contributed by atoms with Crippen molar-refractivity contribution in [3.8, 4) is 0 Å². The van der Waals surface area contributed by atoms with Gasteiger partial charge in [-0.25, -0.2) is 9.59 Å². The minimum absolute atomic E-state index is 0.0604. The van der Waals surface area contributed by atoms with Crippen molar-refractivity contribution in [3.05, 3.63) is 0 Å². The first-order chi connectivity index (χ1) is 6.00. The molecule has 0 spiro atoms. The number of unbranched alkanes of at least 4 members (excludes halogenated alkanes) is 1. The van der Waals surface area contributed by atoms with Crippen LogP contribution in [-0.4, -0.2) is 33.2 Å². The molecule has 0 saturated carbocycles. The summed E-state index contributed by atoms with van der Waals surface area (Å²) < 4.78 is 0. The van der Waals surface area contributed by atoms with Crippen LogP contribution in [0.4, 0.5) is 9.59 Å². The number of hydrogen-bond acceptors (Lipinski definition) is 3. The molecule has 0 atom stereocenters. The molecule has 0 aliphatic carbocycles. The molecular weight excluding hydrogens is 178 g/mol. The van der Waals surface area contributed by atoms with Crippen molar-refractivity contribution in [2.75, 3.05) is 0 Å². The first kappa shape index (κ1) is 11.4. The third-order valence-corrected chi connectivity index (χ3v) is 1.38. The molecule has 0 aliphatic heterocycles. The molecule has 0 rings (SSSR count). The van der Waals surface area contributed by atoms with E-state index in [4.69, 9.17) is 10.2 Å². The third-order valence-electron chi connectivity index (χ3n) is 1.38. The Balaban J connectivity index is 4.30. The maximum Gasteiger partial charge on any atom is 0.423 e. The van der Waals surface area contributed by atoms with Crippen molar-refractivity contribution in [1.82, 2.24) is 4.90 Å². The molecule has 0 bridgehead atoms. The number of imide groups is 3. The molecule has 0 aromatic carbocycles. The standard InChI is InChI=1S/C7H11NO5/c1-2-3-4-5(9)8(6(10)11)7(12)13/h2-4H2,1H3,(H,10,11)(H,12,13). The summed E-state index contributed by atoms with van der Waals surface area (Å²) >= 11 is 0. The molecule has 6 heteroatoms. The van der Waals surface area contributed by atoms with Crippen molar-refractivity contribution < 1.29 is 24.6 Å². The minimum Gasteiger partial charge on any atom is -0.464 e. The maximum absolute atomic E-state index is 10.9. The van der Waals surface area contributed by atoms with Crippen molar-refractivity contribution in [2.45, 2.75) is 26.2 Å². The van der Waals surface area contributed by atoms with Crippen LogP contribution in [0.2, 0.25) is 0 Å². The summed E-state index contributed by atoms with van der Waals surface area (Å²) in [4.78, 5) is 31.3. The molecule has 2 N–H and O–H groups in total. The van der Waals surface area contributed by atoms with Gasteiger partial charge >= 0.3 is 12.2 Å². The number of nitrogens with zero attached hydrogens (tertiary/aromatic N) is 1. The molecule has 0 fully saturated rings. The number of carbonyl (C=O) groups excluding carboxylic acids is 1. The Morgan fingerprint density at radius 2 is 1.62 bits per heavy atom. The topological polar surface area (TPSA) is 94.9 Å². The maximum atomic E-state index is 10.9. The fraction of sp³-hybridized carbons (Fsp3) is 0.571. The van der Waals surface area contributed by atoms with Crippen LogP contribution in [0.3, 0.4) is 0 Å². The normalized spacial score (nSPS) is 9.31. The monoisotopic (exact) mass is 189 g/mol. The number of hydrogen-bond donors (Lipinski definition) is 2. The Labute approximate surface area is 74.8 Å². The molecule has 0 aromatic rings. The fourth-order valence-corrected chi connectivity index (χ4v) is 0.735. The second-order valence-corrected chi connectivity index (χ2v) is 2.40. The number of amides is 3. The summed E-state index contributed by atoms with van der Waals surface area (Å²) in [5.41, 5.74) is 0. The average Bonchev–Trinajstić information content (AvgIpc) is 1.99. The number of carbonyl (C=O) groups is 3. The van der Waals surface area contributed by atoms with Crippen LogP contribution in [0.5, 0.6) is 0 Å². The lowest BCUT2D eigenvalue weighted by molar-refractivity contribution is -0.127. The van der Waals surface area contributed by atoms with E-state index in [2.05, 4.69) is 0 Å². The molecule has 0 aliphatic rings. The Bertz CT molecular complexity index is 211. The lowest BCUT2D eigenvalue weighted by atomic mass is 10.2. The van der Waals surface area contributed by atoms with Gasteiger partial charge in [-0.15, -0.1) is 4.90 Å². The second kappa shape index (κ2) is 5.13. The Morgan fingerprint density at radius 1 is 1.15 bits per heavy atom. The van der Waals surface area contributed by atoms with Crippen LogP contribution in [-0.2, 0) is 4.79 Å². The van der Waals surface area contributed by atoms with Crippen LogP contribution in [0.15, 0.2) is 0 Å². The van der Waals surface area contributed by atoms with E-state index in [0.717, 1.165) is 0 Å². The van der Waals surface area contributed by atoms with E-state index in [1.54, 1.807) is 0 Å². The smallest absolute Gasteiger partial charge is 0.423 e. The van der Waals surface area contributed by atoms with E-state index in [1.807, 2.05) is 6.92 Å². The summed E-state index contributed by atoms with van der Waals surface area (Å²) in [5.74, 6) is -0.901. The lowest BCUT2D eigenvalue weighted by Gasteiger charge is -2.10. The first-order valence-corrected chi connectivity index (χ1v) is 3.79. The van der Waals surface area contributed by atoms with E-state index >= 15 is 0 Å². The van der Waals surface area contributed by atoms with E-state index in [0.29, 0.717) is 12.8 Å². The molecular formula is C7H11NO5. The minimum atomic E-state index is -1.76. The van der Waals surface area contributed by atoms with Gasteiger partial charge in [0.05, 0.1) is 0 Å². The van der Waals surface area contributed by atoms with Crippen molar-refractivity contribution >= 4 is 18.1 Å². The Morgan fingerprint density at radius 3 is 1.92 bits per heavy atom. The highest BCUT2D eigenvalue weighted by molar-refractivity contribution is 6.05. The molecule has 3 amide bonds. The molecule has 0 radical (unpaired) electrons. The largest absolute Gasteiger partial charge is 0.464 e. The third kappa shape index (κ3) is 3.55. The number of carboxylic acid groups (broad SMARTS) is 2. The summed E-state index contributed by atoms with van der Waals surface area (Å²) in [7, 11) is 0. The zero-order valence-corrected chi connectivity index (χ0v) is 7.19. The van der Waals surface area contributed by atoms with Gasteiger partial charge in [0, 0.05) is 6.42 Å². The summed E-state index contributed by atoms with van der Waals surface area (Å²) in [6.45, 7) is 1.82. The Kier molecular flexibility index (Phi) is 4.50. The molecule has 13 heavy (non-hydrogen) atoms. The van der Waals surface area contributed by atoms with Crippen molar-refractivity contribution in [3.63, 3.8) is 0 Å². The van der Waals surface area contributed by atoms with Crippen LogP contribution in [0.1, 0.15) is 26.2 Å². The molecule has 0 unspecified atom stereocenters. The van der Waals surface area contributed by atoms with Crippen molar-refractivity contribution in [2.24, 2.45) is 0 Å². The van der Waals surface area contributed by atoms with Gasteiger partial charge in [-0.05, 0) is 6.42 Å². The summed E-state index contributed by atoms with van der Waals surface area (Å²) in [6.07, 6.45) is -2.38. The van der Waals surface area contributed by atoms with E-state index in [-0.39, 0.29) is 11.3 Å². The average molecular weight is 189 g/mol. The predicted octanol–water partition coefficient (Wildman–Crippen LogP) is 1.36. The van der Waals surface area contributed by atoms with Crippen LogP contribution >= 0.6 is 0 Å². The van der Waals surface area contributed by atoms with E-state index in [9.17, 15) is 14.4 Å². The molecule has 6 nitrogen and oxygen atoms in total. The van der Waals surface area contributed by atoms with E-state index < -0.39 is 18.1 Å². The summed E-state index contributed by atoms with van der Waals surface area (Å²) in [6, 6.07) is 0. The molecule has 0 saturated heterocycles. The van der Waals surface area contributed by atoms with Gasteiger partial charge in [0.2, 0.25) is 5.91 Å².